The maximum atomic E-state index is 11.6. The normalized spacial score (nSPS) is 12.1. The monoisotopic (exact) mass is 337 g/mol. The quantitative estimate of drug-likeness (QED) is 0.830. The fourth-order valence-corrected chi connectivity index (χ4v) is 1.54. The average Bonchev–Trinajstić information content (AvgIpc) is 2.55. The first-order chi connectivity index (χ1) is 10.1. The molecular formula is C16H17CrN2O3. The summed E-state index contributed by atoms with van der Waals surface area (Å²) in [6.45, 7) is 1.84. The molecule has 22 heavy (non-hydrogen) atoms. The number of aromatic nitrogens is 1. The Labute approximate surface area is 141 Å². The van der Waals surface area contributed by atoms with Gasteiger partial charge < -0.3 is 20.3 Å². The molecule has 2 atom stereocenters. The van der Waals surface area contributed by atoms with Crippen molar-refractivity contribution in [1.82, 2.24) is 4.98 Å². The van der Waals surface area contributed by atoms with E-state index >= 15 is 0 Å². The summed E-state index contributed by atoms with van der Waals surface area (Å²) in [7, 11) is 1.68. The van der Waals surface area contributed by atoms with Crippen LogP contribution in [0, 0.1) is 0 Å². The van der Waals surface area contributed by atoms with Crippen molar-refractivity contribution >= 4 is 5.97 Å². The molecule has 0 spiro atoms. The van der Waals surface area contributed by atoms with Gasteiger partial charge in [-0.25, -0.2) is 0 Å². The number of carbonyl (C=O) groups is 1. The van der Waals surface area contributed by atoms with E-state index in [1.807, 2.05) is 37.3 Å². The van der Waals surface area contributed by atoms with Gasteiger partial charge in [0.2, 0.25) is 0 Å². The van der Waals surface area contributed by atoms with E-state index in [1.54, 1.807) is 19.2 Å². The van der Waals surface area contributed by atoms with Crippen LogP contribution in [0.3, 0.4) is 0 Å². The third kappa shape index (κ3) is 6.83. The molecule has 0 fully saturated rings. The second kappa shape index (κ2) is 10.9. The summed E-state index contributed by atoms with van der Waals surface area (Å²) in [5.41, 5.74) is 0.785. The molecule has 0 N–H and O–H groups in total. The molecule has 2 rings (SSSR count). The number of carboxylic acids is 1. The molecule has 6 heteroatoms. The average molecular weight is 337 g/mol. The fourth-order valence-electron chi connectivity index (χ4n) is 1.54. The molecule has 2 unspecified atom stereocenters. The van der Waals surface area contributed by atoms with Gasteiger partial charge in [0.05, 0.1) is 11.7 Å². The molecule has 1 aromatic carbocycles. The maximum absolute atomic E-state index is 11.6. The van der Waals surface area contributed by atoms with Crippen molar-refractivity contribution in [3.8, 4) is 0 Å². The van der Waals surface area contributed by atoms with Crippen LogP contribution in [0.2, 0.25) is 0 Å². The number of rotatable bonds is 4. The molecule has 1 aromatic heterocycles. The molecule has 1 radical (unpaired) electrons. The van der Waals surface area contributed by atoms with Crippen molar-refractivity contribution in [2.75, 3.05) is 7.05 Å². The summed E-state index contributed by atoms with van der Waals surface area (Å²) in [5.74, 6) is -1.24. The van der Waals surface area contributed by atoms with Crippen molar-refractivity contribution in [1.29, 1.82) is 0 Å². The summed E-state index contributed by atoms with van der Waals surface area (Å²) in [4.78, 5) is 13.5. The van der Waals surface area contributed by atoms with Crippen LogP contribution in [0.25, 0.3) is 5.32 Å². The zero-order valence-corrected chi connectivity index (χ0v) is 13.7. The standard InChI is InChI=1S/C10H13NO.C6H5NO2.Cr/c1-8(11-2)10(12)9-6-4-3-5-7-9;8-6(9)5-3-1-2-4-7-5;/h3-8,10H,1-2H3;1-4H,(H,8,9);/q-2;;+3/p-1. The Morgan fingerprint density at radius 2 is 1.73 bits per heavy atom. The molecule has 0 aliphatic rings. The van der Waals surface area contributed by atoms with Gasteiger partial charge in [-0.1, -0.05) is 48.9 Å². The molecule has 5 nitrogen and oxygen atoms in total. The van der Waals surface area contributed by atoms with E-state index in [0.29, 0.717) is 0 Å². The molecule has 0 saturated carbocycles. The second-order valence-electron chi connectivity index (χ2n) is 4.33. The van der Waals surface area contributed by atoms with Crippen LogP contribution in [0.1, 0.15) is 29.1 Å². The number of hydrogen-bond donors (Lipinski definition) is 0. The SMILES string of the molecule is C[N-]C(C)C([O-])c1ccccc1.O=C([O-])c1ccccn1.[Cr+3]. The molecule has 2 aromatic rings. The van der Waals surface area contributed by atoms with Crippen LogP contribution in [0.4, 0.5) is 0 Å². The number of benzene rings is 1. The molecule has 1 heterocycles. The van der Waals surface area contributed by atoms with Gasteiger partial charge in [-0.15, -0.1) is 12.1 Å². The number of hydrogen-bond acceptors (Lipinski definition) is 4. The Hall–Kier alpha value is -1.71. The van der Waals surface area contributed by atoms with E-state index in [4.69, 9.17) is 0 Å². The molecular weight excluding hydrogens is 320 g/mol. The van der Waals surface area contributed by atoms with Crippen LogP contribution in [-0.4, -0.2) is 24.0 Å². The van der Waals surface area contributed by atoms with Gasteiger partial charge in [-0.05, 0) is 12.1 Å². The second-order valence-corrected chi connectivity index (χ2v) is 4.33. The zero-order valence-electron chi connectivity index (χ0n) is 12.4. The minimum Gasteiger partial charge on any atom is -0.850 e. The Bertz CT molecular complexity index is 538. The number of pyridine rings is 1. The summed E-state index contributed by atoms with van der Waals surface area (Å²) in [6, 6.07) is 13.8. The molecule has 0 aliphatic carbocycles. The predicted octanol–water partition coefficient (Wildman–Crippen LogP) is 0.923. The Morgan fingerprint density at radius 1 is 1.14 bits per heavy atom. The van der Waals surface area contributed by atoms with Crippen molar-refractivity contribution in [2.24, 2.45) is 0 Å². The van der Waals surface area contributed by atoms with E-state index in [2.05, 4.69) is 10.3 Å². The molecule has 0 amide bonds. The minimum absolute atomic E-state index is 0. The first kappa shape index (κ1) is 20.3. The number of aromatic carboxylic acids is 1. The van der Waals surface area contributed by atoms with Crippen LogP contribution >= 0.6 is 0 Å². The largest absolute Gasteiger partial charge is 3.00 e. The first-order valence-electron chi connectivity index (χ1n) is 6.48. The van der Waals surface area contributed by atoms with E-state index < -0.39 is 12.1 Å². The van der Waals surface area contributed by atoms with Crippen molar-refractivity contribution in [3.05, 3.63) is 71.3 Å². The topological polar surface area (TPSA) is 90.2 Å². The van der Waals surface area contributed by atoms with E-state index in [0.717, 1.165) is 5.56 Å². The fraction of sp³-hybridized carbons (Fsp3) is 0.250. The van der Waals surface area contributed by atoms with Crippen LogP contribution in [0.15, 0.2) is 54.7 Å². The van der Waals surface area contributed by atoms with Crippen molar-refractivity contribution < 1.29 is 32.4 Å². The number of carboxylic acid groups (broad SMARTS) is 1. The Balaban J connectivity index is 0.000000397. The van der Waals surface area contributed by atoms with Gasteiger partial charge in [0.15, 0.2) is 0 Å². The van der Waals surface area contributed by atoms with E-state index in [-0.39, 0.29) is 29.1 Å². The van der Waals surface area contributed by atoms with Gasteiger partial charge in [-0.2, -0.15) is 7.05 Å². The number of likely N-dealkylation sites (N-methyl/N-ethyl adjacent to an activating group) is 1. The molecule has 0 saturated heterocycles. The molecule has 0 bridgehead atoms. The van der Waals surface area contributed by atoms with Gasteiger partial charge in [0.1, 0.15) is 0 Å². The Kier molecular flexibility index (Phi) is 10.1. The summed E-state index contributed by atoms with van der Waals surface area (Å²) in [5, 5.41) is 25.5. The van der Waals surface area contributed by atoms with Gasteiger partial charge in [-0.3, -0.25) is 4.98 Å². The number of carbonyl (C=O) groups excluding carboxylic acids is 1. The van der Waals surface area contributed by atoms with Crippen LogP contribution < -0.4 is 10.2 Å². The molecule has 115 valence electrons. The smallest absolute Gasteiger partial charge is 0.850 e. The maximum Gasteiger partial charge on any atom is 3.00 e. The molecule has 0 aliphatic heterocycles. The third-order valence-corrected chi connectivity index (χ3v) is 2.85. The van der Waals surface area contributed by atoms with Crippen LogP contribution in [0.5, 0.6) is 0 Å². The first-order valence-corrected chi connectivity index (χ1v) is 6.48. The van der Waals surface area contributed by atoms with Gasteiger partial charge >= 0.3 is 17.4 Å². The minimum atomic E-state index is -1.24. The predicted molar refractivity (Wildman–Crippen MR) is 76.5 cm³/mol. The van der Waals surface area contributed by atoms with Crippen molar-refractivity contribution in [2.45, 2.75) is 19.1 Å². The van der Waals surface area contributed by atoms with Gasteiger partial charge in [0.25, 0.3) is 0 Å². The summed E-state index contributed by atoms with van der Waals surface area (Å²) in [6.07, 6.45) is 0.682. The van der Waals surface area contributed by atoms with E-state index in [9.17, 15) is 15.0 Å². The number of nitrogens with zero attached hydrogens (tertiary/aromatic N) is 2. The third-order valence-electron chi connectivity index (χ3n) is 2.85. The zero-order chi connectivity index (χ0) is 15.7. The Morgan fingerprint density at radius 3 is 2.14 bits per heavy atom. The summed E-state index contributed by atoms with van der Waals surface area (Å²) >= 11 is 0. The van der Waals surface area contributed by atoms with E-state index in [1.165, 1.54) is 12.3 Å². The van der Waals surface area contributed by atoms with Crippen LogP contribution in [-0.2, 0) is 17.4 Å². The van der Waals surface area contributed by atoms with Gasteiger partial charge in [0, 0.05) is 6.20 Å². The summed E-state index contributed by atoms with van der Waals surface area (Å²) < 4.78 is 0. The van der Waals surface area contributed by atoms with Crippen molar-refractivity contribution in [3.63, 3.8) is 0 Å².